The first-order valence-electron chi connectivity index (χ1n) is 13.7. The smallest absolute Gasteiger partial charge is 0.280 e. The molecular weight excluding hydrogens is 554 g/mol. The Labute approximate surface area is 238 Å². The van der Waals surface area contributed by atoms with Crippen molar-refractivity contribution < 1.29 is 27.6 Å². The number of piperazine rings is 1. The summed E-state index contributed by atoms with van der Waals surface area (Å²) in [6, 6.07) is 6.34. The van der Waals surface area contributed by atoms with Gasteiger partial charge in [-0.15, -0.1) is 11.3 Å². The lowest BCUT2D eigenvalue weighted by atomic mass is 10.1. The third-order valence-electron chi connectivity index (χ3n) is 7.65. The predicted molar refractivity (Wildman–Crippen MR) is 151 cm³/mol. The van der Waals surface area contributed by atoms with Gasteiger partial charge in [-0.05, 0) is 51.2 Å². The van der Waals surface area contributed by atoms with E-state index in [0.29, 0.717) is 36.8 Å². The van der Waals surface area contributed by atoms with Gasteiger partial charge in [-0.3, -0.25) is 19.8 Å². The molecule has 11 nitrogen and oxygen atoms in total. The summed E-state index contributed by atoms with van der Waals surface area (Å²) in [7, 11) is -3.52. The molecule has 1 saturated carbocycles. The molecular formula is C27H35N5O6S2. The van der Waals surface area contributed by atoms with Gasteiger partial charge in [-0.25, -0.2) is 13.4 Å². The molecule has 2 saturated heterocycles. The monoisotopic (exact) mass is 589 g/mol. The zero-order chi connectivity index (χ0) is 28.1. The van der Waals surface area contributed by atoms with Crippen molar-refractivity contribution in [2.75, 3.05) is 38.2 Å². The Morgan fingerprint density at radius 1 is 1.23 bits per heavy atom. The average molecular weight is 590 g/mol. The van der Waals surface area contributed by atoms with Crippen molar-refractivity contribution in [3.63, 3.8) is 0 Å². The predicted octanol–water partition coefficient (Wildman–Crippen LogP) is 2.67. The van der Waals surface area contributed by atoms with E-state index >= 15 is 0 Å². The molecule has 0 spiro atoms. The van der Waals surface area contributed by atoms with Gasteiger partial charge in [-0.2, -0.15) is 0 Å². The minimum atomic E-state index is -3.52. The van der Waals surface area contributed by atoms with Crippen molar-refractivity contribution in [1.29, 1.82) is 0 Å². The Morgan fingerprint density at radius 3 is 2.67 bits per heavy atom. The Hall–Kier alpha value is -2.87. The summed E-state index contributed by atoms with van der Waals surface area (Å²) >= 11 is 1.38. The van der Waals surface area contributed by atoms with E-state index in [1.807, 2.05) is 6.92 Å². The third kappa shape index (κ3) is 6.70. The number of nitrogens with one attached hydrogen (secondary N) is 1. The number of anilines is 1. The molecule has 13 heteroatoms. The van der Waals surface area contributed by atoms with E-state index < -0.39 is 21.0 Å². The quantitative estimate of drug-likeness (QED) is 0.254. The fourth-order valence-corrected chi connectivity index (χ4v) is 7.69. The molecule has 1 N–H and O–H groups in total. The number of ether oxygens (including phenoxy) is 1. The molecule has 2 amide bonds. The lowest BCUT2D eigenvalue weighted by Crippen LogP contribution is -2.50. The van der Waals surface area contributed by atoms with Crippen LogP contribution in [0.15, 0.2) is 40.5 Å². The number of carbonyl (C=O) groups excluding carboxylic acids is 2. The molecule has 1 aromatic carbocycles. The number of benzene rings is 1. The fraction of sp³-hybridized carbons (Fsp3) is 0.556. The second-order valence-electron chi connectivity index (χ2n) is 10.5. The standard InChI is InChI=1S/C27H35N5O6S2/c1-19-15-31(11-12-32(19)18-33)16-22-14-28-27(39-22)29-26(34)25(30-38-21-4-2-3-5-21)20-6-8-23(9-7-20)40(35,36)24-10-13-37-17-24/h6-9,14,18-19,21,24H,2-5,10-13,15-17H2,1H3,(H,28,29,34)/t19-,24-/m0/s1. The topological polar surface area (TPSA) is 130 Å². The fourth-order valence-electron chi connectivity index (χ4n) is 5.26. The molecule has 0 bridgehead atoms. The number of sulfone groups is 1. The van der Waals surface area contributed by atoms with Gasteiger partial charge >= 0.3 is 0 Å². The number of rotatable bonds is 10. The van der Waals surface area contributed by atoms with Gasteiger partial charge in [0.25, 0.3) is 5.91 Å². The highest BCUT2D eigenvalue weighted by atomic mass is 32.2. The lowest BCUT2D eigenvalue weighted by Gasteiger charge is -2.37. The molecule has 2 atom stereocenters. The van der Waals surface area contributed by atoms with Crippen LogP contribution in [0.1, 0.15) is 49.5 Å². The van der Waals surface area contributed by atoms with Crippen molar-refractivity contribution >= 4 is 44.3 Å². The van der Waals surface area contributed by atoms with Crippen LogP contribution in [0.2, 0.25) is 0 Å². The van der Waals surface area contributed by atoms with Crippen LogP contribution >= 0.6 is 11.3 Å². The number of amides is 2. The maximum Gasteiger partial charge on any atom is 0.280 e. The van der Waals surface area contributed by atoms with Crippen LogP contribution < -0.4 is 5.32 Å². The number of hydrogen-bond acceptors (Lipinski definition) is 10. The number of hydrogen-bond donors (Lipinski definition) is 1. The first-order valence-corrected chi connectivity index (χ1v) is 16.0. The normalized spacial score (nSPS) is 22.9. The highest BCUT2D eigenvalue weighted by Crippen LogP contribution is 2.25. The van der Waals surface area contributed by atoms with Gasteiger partial charge in [0.2, 0.25) is 6.41 Å². The molecule has 5 rings (SSSR count). The molecule has 3 fully saturated rings. The van der Waals surface area contributed by atoms with Crippen LogP contribution in [0.3, 0.4) is 0 Å². The summed E-state index contributed by atoms with van der Waals surface area (Å²) in [6.45, 7) is 5.56. The van der Waals surface area contributed by atoms with Gasteiger partial charge in [-0.1, -0.05) is 17.3 Å². The zero-order valence-corrected chi connectivity index (χ0v) is 24.2. The Balaban J connectivity index is 1.28. The summed E-state index contributed by atoms with van der Waals surface area (Å²) in [5, 5.41) is 6.95. The zero-order valence-electron chi connectivity index (χ0n) is 22.5. The largest absolute Gasteiger partial charge is 0.392 e. The molecule has 1 aliphatic carbocycles. The summed E-state index contributed by atoms with van der Waals surface area (Å²) in [5.41, 5.74) is 0.520. The van der Waals surface area contributed by atoms with Crippen LogP contribution in [0.4, 0.5) is 5.13 Å². The average Bonchev–Trinajstić information content (AvgIpc) is 3.73. The Kier molecular flexibility index (Phi) is 9.13. The van der Waals surface area contributed by atoms with Gasteiger partial charge in [0.1, 0.15) is 6.10 Å². The molecule has 2 aliphatic heterocycles. The second-order valence-corrected chi connectivity index (χ2v) is 13.9. The highest BCUT2D eigenvalue weighted by Gasteiger charge is 2.31. The lowest BCUT2D eigenvalue weighted by molar-refractivity contribution is -0.122. The van der Waals surface area contributed by atoms with E-state index in [0.717, 1.165) is 50.1 Å². The van der Waals surface area contributed by atoms with E-state index in [1.54, 1.807) is 23.2 Å². The van der Waals surface area contributed by atoms with Crippen molar-refractivity contribution in [3.05, 3.63) is 40.9 Å². The minimum Gasteiger partial charge on any atom is -0.392 e. The molecule has 3 aliphatic rings. The van der Waals surface area contributed by atoms with Crippen LogP contribution in [-0.2, 0) is 35.5 Å². The first kappa shape index (κ1) is 28.7. The van der Waals surface area contributed by atoms with Crippen LogP contribution in [0.5, 0.6) is 0 Å². The van der Waals surface area contributed by atoms with E-state index in [1.165, 1.54) is 23.5 Å². The van der Waals surface area contributed by atoms with E-state index in [-0.39, 0.29) is 29.4 Å². The highest BCUT2D eigenvalue weighted by molar-refractivity contribution is 7.92. The second kappa shape index (κ2) is 12.8. The van der Waals surface area contributed by atoms with Gasteiger partial charge < -0.3 is 14.5 Å². The molecule has 3 heterocycles. The SMILES string of the molecule is C[C@H]1CN(Cc2cnc(NC(=O)C(=NOC3CCCC3)c3ccc(S(=O)(=O)[C@H]4CCOC4)cc3)s2)CCN1C=O. The van der Waals surface area contributed by atoms with Crippen molar-refractivity contribution in [2.24, 2.45) is 5.16 Å². The Morgan fingerprint density at radius 2 is 2.00 bits per heavy atom. The number of carbonyl (C=O) groups is 2. The third-order valence-corrected chi connectivity index (χ3v) is 10.7. The Bertz CT molecular complexity index is 1320. The molecule has 1 aromatic heterocycles. The van der Waals surface area contributed by atoms with Crippen LogP contribution in [-0.4, -0.2) is 91.5 Å². The van der Waals surface area contributed by atoms with Crippen molar-refractivity contribution in [2.45, 2.75) is 67.9 Å². The molecule has 2 aromatic rings. The molecule has 0 radical (unpaired) electrons. The summed E-state index contributed by atoms with van der Waals surface area (Å²) in [4.78, 5) is 39.9. The molecule has 40 heavy (non-hydrogen) atoms. The van der Waals surface area contributed by atoms with Crippen LogP contribution in [0, 0.1) is 0 Å². The first-order chi connectivity index (χ1) is 19.3. The maximum atomic E-state index is 13.4. The number of oxime groups is 1. The van der Waals surface area contributed by atoms with Crippen LogP contribution in [0.25, 0.3) is 0 Å². The van der Waals surface area contributed by atoms with E-state index in [2.05, 4.69) is 20.4 Å². The number of nitrogens with zero attached hydrogens (tertiary/aromatic N) is 4. The summed E-state index contributed by atoms with van der Waals surface area (Å²) in [6.07, 6.45) is 6.96. The number of aromatic nitrogens is 1. The van der Waals surface area contributed by atoms with E-state index in [4.69, 9.17) is 9.57 Å². The maximum absolute atomic E-state index is 13.4. The summed E-state index contributed by atoms with van der Waals surface area (Å²) in [5.74, 6) is -0.480. The van der Waals surface area contributed by atoms with E-state index in [9.17, 15) is 18.0 Å². The van der Waals surface area contributed by atoms with Crippen molar-refractivity contribution in [1.82, 2.24) is 14.8 Å². The summed E-state index contributed by atoms with van der Waals surface area (Å²) < 4.78 is 31.1. The van der Waals surface area contributed by atoms with Gasteiger partial charge in [0, 0.05) is 55.5 Å². The van der Waals surface area contributed by atoms with Crippen molar-refractivity contribution in [3.8, 4) is 0 Å². The molecule has 216 valence electrons. The molecule has 0 unspecified atom stereocenters. The number of thiazole rings is 1. The minimum absolute atomic E-state index is 0.0432. The van der Waals surface area contributed by atoms with Gasteiger partial charge in [0.05, 0.1) is 16.8 Å². The van der Waals surface area contributed by atoms with Gasteiger partial charge in [0.15, 0.2) is 20.7 Å².